The van der Waals surface area contributed by atoms with Gasteiger partial charge in [0.15, 0.2) is 0 Å². The number of hydrogen-bond donors (Lipinski definition) is 2. The number of rotatable bonds is 5. The molecule has 1 aliphatic rings. The normalized spacial score (nSPS) is 22.6. The SMILES string of the molecule is O=[N+]([O-])c1cc(Br)cc(CNCC2CCC(O)C2)c1. The maximum absolute atomic E-state index is 10.8. The zero-order valence-electron chi connectivity index (χ0n) is 10.5. The predicted molar refractivity (Wildman–Crippen MR) is 75.9 cm³/mol. The molecule has 1 aromatic rings. The molecule has 104 valence electrons. The van der Waals surface area contributed by atoms with E-state index in [0.29, 0.717) is 12.5 Å². The molecule has 2 rings (SSSR count). The van der Waals surface area contributed by atoms with Crippen LogP contribution in [0.4, 0.5) is 5.69 Å². The van der Waals surface area contributed by atoms with Crippen LogP contribution >= 0.6 is 15.9 Å². The Balaban J connectivity index is 1.87. The van der Waals surface area contributed by atoms with Gasteiger partial charge in [0, 0.05) is 23.2 Å². The molecule has 1 saturated carbocycles. The average molecular weight is 329 g/mol. The van der Waals surface area contributed by atoms with Crippen LogP contribution in [-0.2, 0) is 6.54 Å². The van der Waals surface area contributed by atoms with E-state index in [1.807, 2.05) is 6.07 Å². The summed E-state index contributed by atoms with van der Waals surface area (Å²) < 4.78 is 0.717. The summed E-state index contributed by atoms with van der Waals surface area (Å²) in [6.07, 6.45) is 2.63. The molecule has 5 nitrogen and oxygen atoms in total. The van der Waals surface area contributed by atoms with Crippen LogP contribution in [0.5, 0.6) is 0 Å². The first-order chi connectivity index (χ1) is 9.04. The molecule has 0 bridgehead atoms. The monoisotopic (exact) mass is 328 g/mol. The maximum Gasteiger partial charge on any atom is 0.270 e. The van der Waals surface area contributed by atoms with Gasteiger partial charge in [-0.05, 0) is 43.4 Å². The zero-order chi connectivity index (χ0) is 13.8. The van der Waals surface area contributed by atoms with E-state index >= 15 is 0 Å². The van der Waals surface area contributed by atoms with Crippen molar-refractivity contribution in [2.75, 3.05) is 6.54 Å². The average Bonchev–Trinajstić information content (AvgIpc) is 2.74. The van der Waals surface area contributed by atoms with Crippen LogP contribution in [0.15, 0.2) is 22.7 Å². The molecule has 2 unspecified atom stereocenters. The highest BCUT2D eigenvalue weighted by Gasteiger charge is 2.22. The minimum atomic E-state index is -0.387. The van der Waals surface area contributed by atoms with Crippen molar-refractivity contribution >= 4 is 21.6 Å². The van der Waals surface area contributed by atoms with Gasteiger partial charge in [-0.3, -0.25) is 10.1 Å². The molecular formula is C13H17BrN2O3. The van der Waals surface area contributed by atoms with Crippen LogP contribution in [0.25, 0.3) is 0 Å². The Bertz CT molecular complexity index is 467. The van der Waals surface area contributed by atoms with Crippen LogP contribution in [0.3, 0.4) is 0 Å². The first kappa shape index (κ1) is 14.4. The Kier molecular flexibility index (Phi) is 4.90. The van der Waals surface area contributed by atoms with Crippen LogP contribution in [0.2, 0.25) is 0 Å². The summed E-state index contributed by atoms with van der Waals surface area (Å²) in [4.78, 5) is 10.4. The topological polar surface area (TPSA) is 75.4 Å². The summed E-state index contributed by atoms with van der Waals surface area (Å²) in [6, 6.07) is 4.96. The van der Waals surface area contributed by atoms with Gasteiger partial charge >= 0.3 is 0 Å². The van der Waals surface area contributed by atoms with Crippen molar-refractivity contribution in [3.63, 3.8) is 0 Å². The lowest BCUT2D eigenvalue weighted by Crippen LogP contribution is -2.21. The molecule has 0 radical (unpaired) electrons. The molecule has 2 atom stereocenters. The molecule has 6 heteroatoms. The van der Waals surface area contributed by atoms with E-state index in [4.69, 9.17) is 0 Å². The highest BCUT2D eigenvalue weighted by molar-refractivity contribution is 9.10. The quantitative estimate of drug-likeness (QED) is 0.643. The number of non-ortho nitro benzene ring substituents is 1. The van der Waals surface area contributed by atoms with Crippen molar-refractivity contribution in [1.82, 2.24) is 5.32 Å². The fraction of sp³-hybridized carbons (Fsp3) is 0.538. The van der Waals surface area contributed by atoms with Gasteiger partial charge in [0.05, 0.1) is 11.0 Å². The molecule has 0 saturated heterocycles. The number of nitrogens with one attached hydrogen (secondary N) is 1. The lowest BCUT2D eigenvalue weighted by Gasteiger charge is -2.11. The molecule has 19 heavy (non-hydrogen) atoms. The molecule has 0 aromatic heterocycles. The number of aliphatic hydroxyl groups is 1. The van der Waals surface area contributed by atoms with E-state index in [-0.39, 0.29) is 16.7 Å². The first-order valence-electron chi connectivity index (χ1n) is 6.37. The third-order valence-corrected chi connectivity index (χ3v) is 3.89. The van der Waals surface area contributed by atoms with Crippen LogP contribution in [-0.4, -0.2) is 22.7 Å². The number of benzene rings is 1. The number of aliphatic hydroxyl groups excluding tert-OH is 1. The number of nitro groups is 1. The minimum Gasteiger partial charge on any atom is -0.393 e. The smallest absolute Gasteiger partial charge is 0.270 e. The van der Waals surface area contributed by atoms with Gasteiger partial charge in [-0.15, -0.1) is 0 Å². The molecule has 1 aromatic carbocycles. The predicted octanol–water partition coefficient (Wildman–Crippen LogP) is 2.61. The van der Waals surface area contributed by atoms with Gasteiger partial charge in [-0.1, -0.05) is 15.9 Å². The van der Waals surface area contributed by atoms with Crippen molar-refractivity contribution in [3.05, 3.63) is 38.3 Å². The second-order valence-corrected chi connectivity index (χ2v) is 5.95. The van der Waals surface area contributed by atoms with E-state index in [0.717, 1.165) is 35.8 Å². The molecule has 0 amide bonds. The molecule has 2 N–H and O–H groups in total. The Labute approximate surface area is 120 Å². The number of halogens is 1. The minimum absolute atomic E-state index is 0.0995. The third kappa shape index (κ3) is 4.26. The summed E-state index contributed by atoms with van der Waals surface area (Å²) in [5.74, 6) is 0.511. The summed E-state index contributed by atoms with van der Waals surface area (Å²) in [6.45, 7) is 1.45. The Hall–Kier alpha value is -0.980. The molecular weight excluding hydrogens is 312 g/mol. The van der Waals surface area contributed by atoms with Crippen molar-refractivity contribution < 1.29 is 10.0 Å². The molecule has 1 fully saturated rings. The van der Waals surface area contributed by atoms with E-state index in [9.17, 15) is 15.2 Å². The van der Waals surface area contributed by atoms with Crippen molar-refractivity contribution in [2.45, 2.75) is 31.9 Å². The highest BCUT2D eigenvalue weighted by atomic mass is 79.9. The van der Waals surface area contributed by atoms with Gasteiger partial charge in [0.2, 0.25) is 0 Å². The second-order valence-electron chi connectivity index (χ2n) is 5.04. The summed E-state index contributed by atoms with van der Waals surface area (Å²) in [5.41, 5.74) is 0.988. The van der Waals surface area contributed by atoms with Crippen LogP contribution in [0, 0.1) is 16.0 Å². The Morgan fingerprint density at radius 3 is 2.84 bits per heavy atom. The lowest BCUT2D eigenvalue weighted by molar-refractivity contribution is -0.385. The van der Waals surface area contributed by atoms with Gasteiger partial charge in [-0.25, -0.2) is 0 Å². The van der Waals surface area contributed by atoms with Crippen molar-refractivity contribution in [3.8, 4) is 0 Å². The lowest BCUT2D eigenvalue weighted by atomic mass is 10.1. The number of nitro benzene ring substituents is 1. The van der Waals surface area contributed by atoms with Gasteiger partial charge < -0.3 is 10.4 Å². The zero-order valence-corrected chi connectivity index (χ0v) is 12.1. The Morgan fingerprint density at radius 1 is 1.42 bits per heavy atom. The fourth-order valence-corrected chi connectivity index (χ4v) is 3.02. The van der Waals surface area contributed by atoms with Crippen molar-refractivity contribution in [2.24, 2.45) is 5.92 Å². The summed E-state index contributed by atoms with van der Waals surface area (Å²) in [7, 11) is 0. The Morgan fingerprint density at radius 2 is 2.21 bits per heavy atom. The highest BCUT2D eigenvalue weighted by Crippen LogP contribution is 2.25. The standard InChI is InChI=1S/C13H17BrN2O3/c14-11-3-10(4-12(6-11)16(18)19)8-15-7-9-1-2-13(17)5-9/h3-4,6,9,13,15,17H,1-2,5,7-8H2. The largest absolute Gasteiger partial charge is 0.393 e. The van der Waals surface area contributed by atoms with E-state index in [1.54, 1.807) is 6.07 Å². The van der Waals surface area contributed by atoms with E-state index in [1.165, 1.54) is 6.07 Å². The number of hydrogen-bond acceptors (Lipinski definition) is 4. The van der Waals surface area contributed by atoms with Crippen molar-refractivity contribution in [1.29, 1.82) is 0 Å². The van der Waals surface area contributed by atoms with E-state index < -0.39 is 0 Å². The van der Waals surface area contributed by atoms with E-state index in [2.05, 4.69) is 21.2 Å². The fourth-order valence-electron chi connectivity index (χ4n) is 2.50. The number of nitrogens with zero attached hydrogens (tertiary/aromatic N) is 1. The second kappa shape index (κ2) is 6.45. The molecule has 0 aliphatic heterocycles. The molecule has 1 aliphatic carbocycles. The summed E-state index contributed by atoms with van der Waals surface area (Å²) in [5, 5.41) is 23.5. The van der Waals surface area contributed by atoms with Crippen LogP contribution < -0.4 is 5.32 Å². The molecule has 0 spiro atoms. The van der Waals surface area contributed by atoms with Gasteiger partial charge in [0.25, 0.3) is 5.69 Å². The van der Waals surface area contributed by atoms with Gasteiger partial charge in [-0.2, -0.15) is 0 Å². The van der Waals surface area contributed by atoms with Gasteiger partial charge in [0.1, 0.15) is 0 Å². The third-order valence-electron chi connectivity index (χ3n) is 3.43. The molecule has 0 heterocycles. The summed E-state index contributed by atoms with van der Waals surface area (Å²) >= 11 is 3.28. The van der Waals surface area contributed by atoms with Crippen LogP contribution in [0.1, 0.15) is 24.8 Å². The maximum atomic E-state index is 10.8. The first-order valence-corrected chi connectivity index (χ1v) is 7.16.